The maximum Gasteiger partial charge on any atom is 0.354 e. The number of amides is 3. The normalized spacial score (nSPS) is 19.1. The average molecular weight is 483 g/mol. The fraction of sp³-hybridized carbons (Fsp3) is 0.500. The molecule has 35 heavy (non-hydrogen) atoms. The first kappa shape index (κ1) is 24.8. The SMILES string of the molecule is CC(C)(N)C(=O)N1CCN(C(=O)Nc2ccn(-c3ccc(CN4CCC(N)C4)cc3)c(=O)n2)CC1. The summed E-state index contributed by atoms with van der Waals surface area (Å²) >= 11 is 0. The third-order valence-electron chi connectivity index (χ3n) is 6.37. The van der Waals surface area contributed by atoms with E-state index in [2.05, 4.69) is 15.2 Å². The van der Waals surface area contributed by atoms with Gasteiger partial charge in [-0.1, -0.05) is 12.1 Å². The summed E-state index contributed by atoms with van der Waals surface area (Å²) in [4.78, 5) is 47.2. The van der Waals surface area contributed by atoms with Crippen molar-refractivity contribution < 1.29 is 9.59 Å². The molecule has 1 aromatic heterocycles. The number of piperazine rings is 1. The molecule has 2 fully saturated rings. The van der Waals surface area contributed by atoms with Gasteiger partial charge in [0.15, 0.2) is 0 Å². The average Bonchev–Trinajstić information content (AvgIpc) is 3.23. The molecule has 0 aliphatic carbocycles. The smallest absolute Gasteiger partial charge is 0.338 e. The molecule has 2 saturated heterocycles. The van der Waals surface area contributed by atoms with Gasteiger partial charge in [-0.25, -0.2) is 9.59 Å². The number of carbonyl (C=O) groups excluding carboxylic acids is 2. The van der Waals surface area contributed by atoms with Crippen LogP contribution in [0.4, 0.5) is 10.6 Å². The first-order valence-corrected chi connectivity index (χ1v) is 11.9. The summed E-state index contributed by atoms with van der Waals surface area (Å²) in [6.07, 6.45) is 2.62. The first-order chi connectivity index (χ1) is 16.6. The van der Waals surface area contributed by atoms with Crippen molar-refractivity contribution in [1.29, 1.82) is 0 Å². The van der Waals surface area contributed by atoms with Gasteiger partial charge in [-0.15, -0.1) is 0 Å². The Hall–Kier alpha value is -3.28. The van der Waals surface area contributed by atoms with Crippen LogP contribution in [0.5, 0.6) is 0 Å². The highest BCUT2D eigenvalue weighted by atomic mass is 16.2. The number of nitrogens with zero attached hydrogens (tertiary/aromatic N) is 5. The van der Waals surface area contributed by atoms with E-state index in [9.17, 15) is 14.4 Å². The molecule has 0 bridgehead atoms. The lowest BCUT2D eigenvalue weighted by Crippen LogP contribution is -2.58. The molecule has 11 nitrogen and oxygen atoms in total. The largest absolute Gasteiger partial charge is 0.354 e. The Morgan fingerprint density at radius 2 is 1.71 bits per heavy atom. The van der Waals surface area contributed by atoms with Crippen LogP contribution in [0, 0.1) is 0 Å². The minimum absolute atomic E-state index is 0.142. The molecule has 1 atom stereocenters. The van der Waals surface area contributed by atoms with Crippen LogP contribution in [0.25, 0.3) is 5.69 Å². The first-order valence-electron chi connectivity index (χ1n) is 11.9. The van der Waals surface area contributed by atoms with Crippen molar-refractivity contribution in [3.63, 3.8) is 0 Å². The van der Waals surface area contributed by atoms with E-state index in [4.69, 9.17) is 11.5 Å². The van der Waals surface area contributed by atoms with Gasteiger partial charge in [0.2, 0.25) is 5.91 Å². The van der Waals surface area contributed by atoms with Gasteiger partial charge >= 0.3 is 11.7 Å². The van der Waals surface area contributed by atoms with Crippen LogP contribution in [0.1, 0.15) is 25.8 Å². The Labute approximate surface area is 204 Å². The zero-order valence-corrected chi connectivity index (χ0v) is 20.3. The van der Waals surface area contributed by atoms with E-state index in [0.29, 0.717) is 31.9 Å². The Morgan fingerprint density at radius 1 is 1.06 bits per heavy atom. The van der Waals surface area contributed by atoms with Crippen LogP contribution in [0.15, 0.2) is 41.3 Å². The van der Waals surface area contributed by atoms with Crippen LogP contribution < -0.4 is 22.5 Å². The lowest BCUT2D eigenvalue weighted by Gasteiger charge is -2.37. The summed E-state index contributed by atoms with van der Waals surface area (Å²) in [5, 5.41) is 2.68. The van der Waals surface area contributed by atoms with Crippen LogP contribution in [-0.4, -0.2) is 87.0 Å². The number of hydrogen-bond donors (Lipinski definition) is 3. The van der Waals surface area contributed by atoms with E-state index >= 15 is 0 Å². The molecular formula is C24H34N8O3. The molecule has 1 aromatic carbocycles. The lowest BCUT2D eigenvalue weighted by atomic mass is 10.1. The molecule has 4 rings (SSSR count). The third kappa shape index (κ3) is 6.05. The molecule has 2 aromatic rings. The number of carbonyl (C=O) groups is 2. The number of rotatable bonds is 5. The van der Waals surface area contributed by atoms with Crippen LogP contribution in [0.2, 0.25) is 0 Å². The molecule has 2 aliphatic heterocycles. The highest BCUT2D eigenvalue weighted by Gasteiger charge is 2.31. The van der Waals surface area contributed by atoms with E-state index in [0.717, 1.165) is 31.6 Å². The molecule has 0 radical (unpaired) electrons. The van der Waals surface area contributed by atoms with Crippen molar-refractivity contribution in [3.8, 4) is 5.69 Å². The van der Waals surface area contributed by atoms with E-state index in [1.54, 1.807) is 35.9 Å². The molecule has 3 heterocycles. The Kier molecular flexibility index (Phi) is 7.20. The predicted molar refractivity (Wildman–Crippen MR) is 133 cm³/mol. The lowest BCUT2D eigenvalue weighted by molar-refractivity contribution is -0.137. The van der Waals surface area contributed by atoms with Crippen molar-refractivity contribution in [2.24, 2.45) is 11.5 Å². The third-order valence-corrected chi connectivity index (χ3v) is 6.37. The van der Waals surface area contributed by atoms with Gasteiger partial charge in [-0.2, -0.15) is 4.98 Å². The number of benzene rings is 1. The van der Waals surface area contributed by atoms with Crippen LogP contribution in [0.3, 0.4) is 0 Å². The monoisotopic (exact) mass is 482 g/mol. The van der Waals surface area contributed by atoms with Crippen molar-refractivity contribution in [2.45, 2.75) is 38.4 Å². The molecule has 0 saturated carbocycles. The molecule has 188 valence electrons. The van der Waals surface area contributed by atoms with Gasteiger partial charge in [-0.05, 0) is 44.0 Å². The summed E-state index contributed by atoms with van der Waals surface area (Å²) in [6, 6.07) is 9.24. The summed E-state index contributed by atoms with van der Waals surface area (Å²) in [7, 11) is 0. The molecular weight excluding hydrogens is 448 g/mol. The second-order valence-corrected chi connectivity index (χ2v) is 9.85. The summed E-state index contributed by atoms with van der Waals surface area (Å²) in [6.45, 7) is 7.63. The highest BCUT2D eigenvalue weighted by Crippen LogP contribution is 2.15. The van der Waals surface area contributed by atoms with Crippen molar-refractivity contribution >= 4 is 17.8 Å². The standard InChI is InChI=1S/C24H34N8O3/c1-24(2,26)21(33)30-11-13-31(14-12-30)22(34)27-20-8-10-32(23(35)28-20)19-5-3-17(4-6-19)15-29-9-7-18(25)16-29/h3-6,8,10,18H,7,9,11-16,25-26H2,1-2H3,(H,27,28,34,35). The summed E-state index contributed by atoms with van der Waals surface area (Å²) in [5.74, 6) is 0.0379. The summed E-state index contributed by atoms with van der Waals surface area (Å²) in [5.41, 5.74) is 12.3. The summed E-state index contributed by atoms with van der Waals surface area (Å²) < 4.78 is 1.43. The predicted octanol–water partition coefficient (Wildman–Crippen LogP) is 0.179. The Bertz CT molecular complexity index is 1120. The minimum Gasteiger partial charge on any atom is -0.338 e. The maximum absolute atomic E-state index is 12.6. The number of likely N-dealkylation sites (tertiary alicyclic amines) is 1. The van der Waals surface area contributed by atoms with Crippen LogP contribution in [-0.2, 0) is 11.3 Å². The van der Waals surface area contributed by atoms with E-state index in [1.807, 2.05) is 24.3 Å². The van der Waals surface area contributed by atoms with Crippen LogP contribution >= 0.6 is 0 Å². The number of urea groups is 1. The fourth-order valence-corrected chi connectivity index (χ4v) is 4.40. The molecule has 2 aliphatic rings. The van der Waals surface area contributed by atoms with Gasteiger partial charge in [0.05, 0.1) is 11.2 Å². The maximum atomic E-state index is 12.6. The van der Waals surface area contributed by atoms with Crippen molar-refractivity contribution in [1.82, 2.24) is 24.3 Å². The second kappa shape index (κ2) is 10.1. The quantitative estimate of drug-likeness (QED) is 0.552. The van der Waals surface area contributed by atoms with Crippen molar-refractivity contribution in [2.75, 3.05) is 44.6 Å². The van der Waals surface area contributed by atoms with Crippen molar-refractivity contribution in [3.05, 3.63) is 52.6 Å². The van der Waals surface area contributed by atoms with E-state index in [1.165, 1.54) is 4.57 Å². The molecule has 0 spiro atoms. The van der Waals surface area contributed by atoms with Gasteiger partial charge in [0, 0.05) is 58.1 Å². The molecule has 3 amide bonds. The fourth-order valence-electron chi connectivity index (χ4n) is 4.40. The van der Waals surface area contributed by atoms with E-state index in [-0.39, 0.29) is 23.8 Å². The zero-order chi connectivity index (χ0) is 25.2. The molecule has 11 heteroatoms. The number of aromatic nitrogens is 2. The topological polar surface area (TPSA) is 143 Å². The number of anilines is 1. The van der Waals surface area contributed by atoms with Gasteiger partial charge in [-0.3, -0.25) is 19.6 Å². The minimum atomic E-state index is -0.944. The Balaban J connectivity index is 1.33. The number of nitrogens with two attached hydrogens (primary N) is 2. The molecule has 5 N–H and O–H groups in total. The van der Waals surface area contributed by atoms with Gasteiger partial charge in [0.25, 0.3) is 0 Å². The van der Waals surface area contributed by atoms with Gasteiger partial charge < -0.3 is 21.3 Å². The highest BCUT2D eigenvalue weighted by molar-refractivity contribution is 5.89. The second-order valence-electron chi connectivity index (χ2n) is 9.85. The van der Waals surface area contributed by atoms with E-state index < -0.39 is 11.2 Å². The molecule has 1 unspecified atom stereocenters. The zero-order valence-electron chi connectivity index (χ0n) is 20.3. The number of hydrogen-bond acceptors (Lipinski definition) is 7. The van der Waals surface area contributed by atoms with Gasteiger partial charge in [0.1, 0.15) is 5.82 Å². The number of nitrogens with one attached hydrogen (secondary N) is 1. The Morgan fingerprint density at radius 3 is 2.29 bits per heavy atom.